The predicted octanol–water partition coefficient (Wildman–Crippen LogP) is 3.56. The first-order valence-electron chi connectivity index (χ1n) is 14.6. The summed E-state index contributed by atoms with van der Waals surface area (Å²) in [6.45, 7) is 4.49. The summed E-state index contributed by atoms with van der Waals surface area (Å²) in [6.07, 6.45) is -3.30. The van der Waals surface area contributed by atoms with Crippen LogP contribution < -0.4 is 10.2 Å². The van der Waals surface area contributed by atoms with Crippen LogP contribution in [0.5, 0.6) is 0 Å². The van der Waals surface area contributed by atoms with Crippen molar-refractivity contribution in [3.63, 3.8) is 0 Å². The third kappa shape index (κ3) is 8.33. The molecule has 1 heterocycles. The van der Waals surface area contributed by atoms with Crippen molar-refractivity contribution in [2.24, 2.45) is 5.92 Å². The Hall–Kier alpha value is -4.66. The number of ether oxygens (including phenoxy) is 1. The Morgan fingerprint density at radius 1 is 1.07 bits per heavy atom. The van der Waals surface area contributed by atoms with Gasteiger partial charge in [0.2, 0.25) is 10.0 Å². The van der Waals surface area contributed by atoms with Gasteiger partial charge in [-0.1, -0.05) is 56.3 Å². The minimum absolute atomic E-state index is 0.0247. The first-order chi connectivity index (χ1) is 21.8. The van der Waals surface area contributed by atoms with Gasteiger partial charge in [-0.3, -0.25) is 24.6 Å². The molecular formula is C32H36N4O9S. The lowest BCUT2D eigenvalue weighted by Gasteiger charge is -2.31. The molecule has 3 aromatic rings. The highest BCUT2D eigenvalue weighted by molar-refractivity contribution is 7.89. The monoisotopic (exact) mass is 652 g/mol. The first-order valence-corrected chi connectivity index (χ1v) is 16.1. The van der Waals surface area contributed by atoms with Gasteiger partial charge in [0, 0.05) is 36.5 Å². The van der Waals surface area contributed by atoms with Crippen molar-refractivity contribution < 1.29 is 37.6 Å². The number of carbonyl (C=O) groups excluding carboxylic acids is 3. The average Bonchev–Trinajstić information content (AvgIpc) is 3.42. The number of ketones is 1. The van der Waals surface area contributed by atoms with Crippen molar-refractivity contribution in [2.45, 2.75) is 50.3 Å². The summed E-state index contributed by atoms with van der Waals surface area (Å²) in [6, 6.07) is 18.8. The van der Waals surface area contributed by atoms with E-state index in [4.69, 9.17) is 4.74 Å². The van der Waals surface area contributed by atoms with Crippen molar-refractivity contribution in [3.8, 4) is 0 Å². The SMILES string of the molecule is CC(=O)c1cccc(N2C[C@@H](C(=O)N[C@@H](Cc3ccccc3)[C@H](O)CN(CC(C)C)S(=O)(=O)c3ccc([N+](=O)[O-])cc3)OC2=O)c1. The smallest absolute Gasteiger partial charge is 0.415 e. The number of anilines is 1. The van der Waals surface area contributed by atoms with Crippen molar-refractivity contribution in [3.05, 3.63) is 100 Å². The van der Waals surface area contributed by atoms with E-state index in [9.17, 15) is 38.0 Å². The zero-order valence-electron chi connectivity index (χ0n) is 25.6. The number of nitro groups is 1. The van der Waals surface area contributed by atoms with Crippen LogP contribution in [0, 0.1) is 16.0 Å². The van der Waals surface area contributed by atoms with E-state index in [0.717, 1.165) is 34.1 Å². The molecule has 2 amide bonds. The molecule has 0 spiro atoms. The van der Waals surface area contributed by atoms with E-state index in [1.807, 2.05) is 6.07 Å². The molecule has 0 aromatic heterocycles. The van der Waals surface area contributed by atoms with Gasteiger partial charge in [0.05, 0.1) is 28.5 Å². The number of aliphatic hydroxyl groups is 1. The van der Waals surface area contributed by atoms with Crippen molar-refractivity contribution in [1.29, 1.82) is 0 Å². The van der Waals surface area contributed by atoms with Crippen molar-refractivity contribution in [1.82, 2.24) is 9.62 Å². The van der Waals surface area contributed by atoms with Gasteiger partial charge < -0.3 is 15.2 Å². The number of nitro benzene ring substituents is 1. The molecule has 46 heavy (non-hydrogen) atoms. The summed E-state index contributed by atoms with van der Waals surface area (Å²) in [5.74, 6) is -1.02. The number of nitrogens with zero attached hydrogens (tertiary/aromatic N) is 3. The van der Waals surface area contributed by atoms with Gasteiger partial charge in [0.1, 0.15) is 0 Å². The minimum atomic E-state index is -4.20. The first kappa shape index (κ1) is 34.2. The molecule has 13 nitrogen and oxygen atoms in total. The predicted molar refractivity (Wildman–Crippen MR) is 169 cm³/mol. The summed E-state index contributed by atoms with van der Waals surface area (Å²) in [5, 5.41) is 25.3. The quantitative estimate of drug-likeness (QED) is 0.150. The van der Waals surface area contributed by atoms with Crippen molar-refractivity contribution in [2.75, 3.05) is 24.5 Å². The second-order valence-electron chi connectivity index (χ2n) is 11.4. The Balaban J connectivity index is 1.56. The lowest BCUT2D eigenvalue weighted by Crippen LogP contribution is -2.53. The molecule has 4 rings (SSSR count). The molecule has 0 unspecified atom stereocenters. The largest absolute Gasteiger partial charge is 0.434 e. The van der Waals surface area contributed by atoms with Crippen LogP contribution in [0.15, 0.2) is 83.8 Å². The van der Waals surface area contributed by atoms with Gasteiger partial charge in [0.15, 0.2) is 11.9 Å². The average molecular weight is 653 g/mol. The summed E-state index contributed by atoms with van der Waals surface area (Å²) < 4.78 is 33.7. The van der Waals surface area contributed by atoms with E-state index in [-0.39, 0.29) is 41.8 Å². The van der Waals surface area contributed by atoms with Gasteiger partial charge in [-0.25, -0.2) is 13.2 Å². The number of aliphatic hydroxyl groups excluding tert-OH is 1. The molecule has 2 N–H and O–H groups in total. The number of non-ortho nitro benzene ring substituents is 1. The highest BCUT2D eigenvalue weighted by Crippen LogP contribution is 2.25. The number of Topliss-reactive ketones (excluding diaryl/α,β-unsaturated/α-hetero) is 1. The molecule has 1 saturated heterocycles. The Kier molecular flexibility index (Phi) is 10.9. The molecule has 3 aromatic carbocycles. The van der Waals surface area contributed by atoms with Crippen LogP contribution in [0.25, 0.3) is 0 Å². The number of amides is 2. The molecule has 1 fully saturated rings. The minimum Gasteiger partial charge on any atom is -0.434 e. The third-order valence-electron chi connectivity index (χ3n) is 7.40. The van der Waals surface area contributed by atoms with Crippen LogP contribution in [-0.4, -0.2) is 78.4 Å². The fourth-order valence-corrected chi connectivity index (χ4v) is 6.65. The molecule has 0 saturated carbocycles. The summed E-state index contributed by atoms with van der Waals surface area (Å²) in [5.41, 5.74) is 1.26. The highest BCUT2D eigenvalue weighted by atomic mass is 32.2. The number of rotatable bonds is 14. The lowest BCUT2D eigenvalue weighted by molar-refractivity contribution is -0.384. The number of nitrogens with one attached hydrogen (secondary N) is 1. The van der Waals surface area contributed by atoms with Gasteiger partial charge in [-0.05, 0) is 49.1 Å². The number of carbonyl (C=O) groups is 3. The molecule has 1 aliphatic heterocycles. The highest BCUT2D eigenvalue weighted by Gasteiger charge is 2.39. The topological polar surface area (TPSA) is 176 Å². The van der Waals surface area contributed by atoms with Crippen LogP contribution in [-0.2, 0) is 26.0 Å². The second kappa shape index (κ2) is 14.6. The molecule has 3 atom stereocenters. The summed E-state index contributed by atoms with van der Waals surface area (Å²) in [4.78, 5) is 49.5. The van der Waals surface area contributed by atoms with E-state index in [0.29, 0.717) is 11.3 Å². The molecule has 0 aliphatic carbocycles. The van der Waals surface area contributed by atoms with Gasteiger partial charge in [-0.2, -0.15) is 4.31 Å². The molecule has 0 radical (unpaired) electrons. The van der Waals surface area contributed by atoms with Crippen molar-refractivity contribution >= 4 is 39.2 Å². The van der Waals surface area contributed by atoms with Crippen LogP contribution in [0.1, 0.15) is 36.7 Å². The lowest BCUT2D eigenvalue weighted by atomic mass is 10.0. The molecular weight excluding hydrogens is 616 g/mol. The van der Waals surface area contributed by atoms with Crippen LogP contribution in [0.2, 0.25) is 0 Å². The summed E-state index contributed by atoms with van der Waals surface area (Å²) >= 11 is 0. The Morgan fingerprint density at radius 3 is 2.35 bits per heavy atom. The Labute approximate surface area is 267 Å². The molecule has 14 heteroatoms. The van der Waals surface area contributed by atoms with Crippen LogP contribution >= 0.6 is 0 Å². The van der Waals surface area contributed by atoms with E-state index in [2.05, 4.69) is 5.32 Å². The molecule has 1 aliphatic rings. The number of hydrogen-bond acceptors (Lipinski definition) is 9. The zero-order chi connectivity index (χ0) is 33.6. The van der Waals surface area contributed by atoms with E-state index in [1.54, 1.807) is 56.3 Å². The van der Waals surface area contributed by atoms with E-state index >= 15 is 0 Å². The number of hydrogen-bond donors (Lipinski definition) is 2. The maximum Gasteiger partial charge on any atom is 0.415 e. The number of benzene rings is 3. The Morgan fingerprint density at radius 2 is 1.74 bits per heavy atom. The third-order valence-corrected chi connectivity index (χ3v) is 9.25. The van der Waals surface area contributed by atoms with Gasteiger partial charge >= 0.3 is 6.09 Å². The fourth-order valence-electron chi connectivity index (χ4n) is 5.03. The molecule has 0 bridgehead atoms. The maximum absolute atomic E-state index is 13.6. The number of sulfonamides is 1. The van der Waals surface area contributed by atoms with E-state index in [1.165, 1.54) is 17.9 Å². The van der Waals surface area contributed by atoms with E-state index < -0.39 is 51.7 Å². The summed E-state index contributed by atoms with van der Waals surface area (Å²) in [7, 11) is -4.20. The number of cyclic esters (lactones) is 1. The standard InChI is InChI=1S/C32H36N4O9S/c1-21(2)18-34(46(43,44)27-14-12-25(13-15-27)36(41)42)19-29(38)28(16-23-8-5-4-6-9-23)33-31(39)30-20-35(32(40)45-30)26-11-7-10-24(17-26)22(3)37/h4-15,17,21,28-30,38H,16,18-20H2,1-3H3,(H,33,39)/t28-,29+,30-/m0/s1. The fraction of sp³-hybridized carbons (Fsp3) is 0.344. The normalized spacial score (nSPS) is 16.3. The van der Waals surface area contributed by atoms with Crippen LogP contribution in [0.4, 0.5) is 16.2 Å². The van der Waals surface area contributed by atoms with Gasteiger partial charge in [0.25, 0.3) is 11.6 Å². The second-order valence-corrected chi connectivity index (χ2v) is 13.4. The zero-order valence-corrected chi connectivity index (χ0v) is 26.4. The Bertz CT molecular complexity index is 1680. The van der Waals surface area contributed by atoms with Gasteiger partial charge in [-0.15, -0.1) is 0 Å². The van der Waals surface area contributed by atoms with Crippen LogP contribution in [0.3, 0.4) is 0 Å². The maximum atomic E-state index is 13.6. The molecule has 244 valence electrons.